The summed E-state index contributed by atoms with van der Waals surface area (Å²) >= 11 is 0. The van der Waals surface area contributed by atoms with E-state index < -0.39 is 6.10 Å². The van der Waals surface area contributed by atoms with Gasteiger partial charge in [0.25, 0.3) is 0 Å². The van der Waals surface area contributed by atoms with Gasteiger partial charge in [-0.1, -0.05) is 17.7 Å². The largest absolute Gasteiger partial charge is 0.491 e. The zero-order chi connectivity index (χ0) is 15.2. The van der Waals surface area contributed by atoms with Crippen molar-refractivity contribution in [2.24, 2.45) is 7.05 Å². The molecule has 2 rings (SSSR count). The monoisotopic (exact) mass is 289 g/mol. The van der Waals surface area contributed by atoms with Crippen LogP contribution in [0.5, 0.6) is 5.75 Å². The highest BCUT2D eigenvalue weighted by Gasteiger charge is 2.07. The average Bonchev–Trinajstić information content (AvgIpc) is 2.83. The Kier molecular flexibility index (Phi) is 5.36. The van der Waals surface area contributed by atoms with Crippen LogP contribution in [-0.2, 0) is 13.6 Å². The van der Waals surface area contributed by atoms with Gasteiger partial charge in [-0.3, -0.25) is 0 Å². The zero-order valence-electron chi connectivity index (χ0n) is 12.8. The molecular formula is C16H23N3O2. The van der Waals surface area contributed by atoms with E-state index in [1.165, 1.54) is 5.56 Å². The molecule has 2 aromatic rings. The number of hydrogen-bond acceptors (Lipinski definition) is 4. The van der Waals surface area contributed by atoms with Crippen LogP contribution in [0.15, 0.2) is 30.6 Å². The predicted octanol–water partition coefficient (Wildman–Crippen LogP) is 1.57. The van der Waals surface area contributed by atoms with Crippen molar-refractivity contribution in [3.05, 3.63) is 47.5 Å². The lowest BCUT2D eigenvalue weighted by Crippen LogP contribution is -2.31. The third kappa shape index (κ3) is 4.58. The number of aliphatic hydroxyl groups excluding tert-OH is 1. The van der Waals surface area contributed by atoms with E-state index in [4.69, 9.17) is 4.74 Å². The van der Waals surface area contributed by atoms with E-state index in [1.807, 2.05) is 43.8 Å². The molecule has 114 valence electrons. The molecule has 1 unspecified atom stereocenters. The second-order valence-corrected chi connectivity index (χ2v) is 5.32. The summed E-state index contributed by atoms with van der Waals surface area (Å²) < 4.78 is 7.60. The highest BCUT2D eigenvalue weighted by molar-refractivity contribution is 5.35. The first-order chi connectivity index (χ1) is 10.1. The van der Waals surface area contributed by atoms with Crippen molar-refractivity contribution in [3.63, 3.8) is 0 Å². The Hall–Kier alpha value is -1.85. The molecule has 0 saturated heterocycles. The number of aryl methyl sites for hydroxylation is 3. The fourth-order valence-corrected chi connectivity index (χ4v) is 2.12. The van der Waals surface area contributed by atoms with Crippen molar-refractivity contribution in [1.82, 2.24) is 14.9 Å². The van der Waals surface area contributed by atoms with Crippen molar-refractivity contribution in [2.75, 3.05) is 13.2 Å². The number of nitrogens with zero attached hydrogens (tertiary/aromatic N) is 2. The molecule has 0 fully saturated rings. The Morgan fingerprint density at radius 3 is 2.86 bits per heavy atom. The van der Waals surface area contributed by atoms with Crippen molar-refractivity contribution < 1.29 is 9.84 Å². The number of aliphatic hydroxyl groups is 1. The third-order valence-corrected chi connectivity index (χ3v) is 3.35. The summed E-state index contributed by atoms with van der Waals surface area (Å²) in [5.74, 6) is 1.77. The molecule has 1 heterocycles. The zero-order valence-corrected chi connectivity index (χ0v) is 12.8. The second-order valence-electron chi connectivity index (χ2n) is 5.32. The average molecular weight is 289 g/mol. The van der Waals surface area contributed by atoms with Gasteiger partial charge in [0.1, 0.15) is 24.3 Å². The van der Waals surface area contributed by atoms with Gasteiger partial charge in [-0.15, -0.1) is 0 Å². The lowest BCUT2D eigenvalue weighted by atomic mass is 10.1. The molecule has 2 N–H and O–H groups in total. The molecule has 1 aromatic carbocycles. The topological polar surface area (TPSA) is 59.3 Å². The molecule has 1 aromatic heterocycles. The Labute approximate surface area is 125 Å². The molecule has 5 nitrogen and oxygen atoms in total. The van der Waals surface area contributed by atoms with Crippen LogP contribution in [0.1, 0.15) is 17.0 Å². The Morgan fingerprint density at radius 1 is 1.38 bits per heavy atom. The van der Waals surface area contributed by atoms with Crippen LogP contribution in [0.4, 0.5) is 0 Å². The van der Waals surface area contributed by atoms with Gasteiger partial charge in [-0.05, 0) is 25.5 Å². The van der Waals surface area contributed by atoms with Crippen molar-refractivity contribution in [3.8, 4) is 5.75 Å². The molecule has 0 saturated carbocycles. The van der Waals surface area contributed by atoms with Gasteiger partial charge in [0.2, 0.25) is 0 Å². The van der Waals surface area contributed by atoms with Gasteiger partial charge in [0.05, 0.1) is 6.54 Å². The van der Waals surface area contributed by atoms with Gasteiger partial charge < -0.3 is 19.7 Å². The molecular weight excluding hydrogens is 266 g/mol. The number of hydrogen-bond donors (Lipinski definition) is 2. The smallest absolute Gasteiger partial charge is 0.122 e. The first kappa shape index (κ1) is 15.5. The minimum absolute atomic E-state index is 0.275. The fourth-order valence-electron chi connectivity index (χ4n) is 2.12. The highest BCUT2D eigenvalue weighted by Crippen LogP contribution is 2.18. The summed E-state index contributed by atoms with van der Waals surface area (Å²) in [5, 5.41) is 13.1. The lowest BCUT2D eigenvalue weighted by molar-refractivity contribution is 0.105. The quantitative estimate of drug-likeness (QED) is 0.812. The Balaban J connectivity index is 1.72. The van der Waals surface area contributed by atoms with E-state index in [-0.39, 0.29) is 6.61 Å². The minimum Gasteiger partial charge on any atom is -0.491 e. The summed E-state index contributed by atoms with van der Waals surface area (Å²) in [5.41, 5.74) is 2.29. The maximum Gasteiger partial charge on any atom is 0.122 e. The van der Waals surface area contributed by atoms with Gasteiger partial charge in [0.15, 0.2) is 0 Å². The van der Waals surface area contributed by atoms with E-state index in [1.54, 1.807) is 6.20 Å². The normalized spacial score (nSPS) is 12.4. The number of ether oxygens (including phenoxy) is 1. The summed E-state index contributed by atoms with van der Waals surface area (Å²) in [6, 6.07) is 6.02. The molecule has 0 aliphatic rings. The summed E-state index contributed by atoms with van der Waals surface area (Å²) in [6.45, 7) is 5.43. The number of benzene rings is 1. The van der Waals surface area contributed by atoms with Gasteiger partial charge >= 0.3 is 0 Å². The fraction of sp³-hybridized carbons (Fsp3) is 0.438. The van der Waals surface area contributed by atoms with Gasteiger partial charge in [-0.25, -0.2) is 4.98 Å². The Bertz CT molecular complexity index is 581. The molecule has 0 aliphatic carbocycles. The molecule has 21 heavy (non-hydrogen) atoms. The van der Waals surface area contributed by atoms with Crippen LogP contribution in [-0.4, -0.2) is 33.9 Å². The van der Waals surface area contributed by atoms with Crippen molar-refractivity contribution in [1.29, 1.82) is 0 Å². The van der Waals surface area contributed by atoms with Crippen LogP contribution < -0.4 is 10.1 Å². The Morgan fingerprint density at radius 2 is 2.19 bits per heavy atom. The van der Waals surface area contributed by atoms with Crippen LogP contribution in [0.25, 0.3) is 0 Å². The lowest BCUT2D eigenvalue weighted by Gasteiger charge is -2.15. The molecule has 0 amide bonds. The number of rotatable bonds is 7. The van der Waals surface area contributed by atoms with Crippen LogP contribution in [0.2, 0.25) is 0 Å². The first-order valence-corrected chi connectivity index (χ1v) is 7.11. The molecule has 0 spiro atoms. The highest BCUT2D eigenvalue weighted by atomic mass is 16.5. The van der Waals surface area contributed by atoms with Crippen LogP contribution in [0.3, 0.4) is 0 Å². The molecule has 0 bridgehead atoms. The second kappa shape index (κ2) is 7.24. The summed E-state index contributed by atoms with van der Waals surface area (Å²) in [4.78, 5) is 4.21. The van der Waals surface area contributed by atoms with Crippen LogP contribution in [0, 0.1) is 13.8 Å². The van der Waals surface area contributed by atoms with E-state index in [2.05, 4.69) is 16.4 Å². The van der Waals surface area contributed by atoms with Gasteiger partial charge in [0, 0.05) is 26.0 Å². The minimum atomic E-state index is -0.550. The molecule has 0 radical (unpaired) electrons. The first-order valence-electron chi connectivity index (χ1n) is 7.11. The van der Waals surface area contributed by atoms with Crippen molar-refractivity contribution in [2.45, 2.75) is 26.5 Å². The summed E-state index contributed by atoms with van der Waals surface area (Å²) in [7, 11) is 1.95. The van der Waals surface area contributed by atoms with E-state index in [0.717, 1.165) is 17.1 Å². The molecule has 1 atom stereocenters. The van der Waals surface area contributed by atoms with E-state index in [9.17, 15) is 5.11 Å². The molecule has 5 heteroatoms. The third-order valence-electron chi connectivity index (χ3n) is 3.35. The van der Waals surface area contributed by atoms with Crippen LogP contribution >= 0.6 is 0 Å². The maximum absolute atomic E-state index is 9.94. The maximum atomic E-state index is 9.94. The van der Waals surface area contributed by atoms with E-state index in [0.29, 0.717) is 13.1 Å². The van der Waals surface area contributed by atoms with E-state index >= 15 is 0 Å². The van der Waals surface area contributed by atoms with Crippen molar-refractivity contribution >= 4 is 0 Å². The molecule has 0 aliphatic heterocycles. The summed E-state index contributed by atoms with van der Waals surface area (Å²) in [6.07, 6.45) is 3.11. The number of aromatic nitrogens is 2. The predicted molar refractivity (Wildman–Crippen MR) is 82.3 cm³/mol. The van der Waals surface area contributed by atoms with Gasteiger partial charge in [-0.2, -0.15) is 0 Å². The SMILES string of the molecule is Cc1ccc(OCC(O)CNCc2nccn2C)c(C)c1. The standard InChI is InChI=1S/C16H23N3O2/c1-12-4-5-15(13(2)8-12)21-11-14(20)9-17-10-16-18-6-7-19(16)3/h4-8,14,17,20H,9-11H2,1-3H3. The number of imidazole rings is 1. The number of nitrogens with one attached hydrogen (secondary N) is 1.